The minimum absolute atomic E-state index is 0.0282. The zero-order valence-electron chi connectivity index (χ0n) is 13.9. The van der Waals surface area contributed by atoms with E-state index >= 15 is 0 Å². The maximum absolute atomic E-state index is 12.7. The van der Waals surface area contributed by atoms with Crippen molar-refractivity contribution in [2.24, 2.45) is 0 Å². The lowest BCUT2D eigenvalue weighted by molar-refractivity contribution is 0.0950. The van der Waals surface area contributed by atoms with Crippen LogP contribution in [0.3, 0.4) is 0 Å². The van der Waals surface area contributed by atoms with Crippen molar-refractivity contribution >= 4 is 33.0 Å². The number of fused-ring (bicyclic) bond motifs is 1. The van der Waals surface area contributed by atoms with E-state index < -0.39 is 0 Å². The van der Waals surface area contributed by atoms with Crippen molar-refractivity contribution in [1.29, 1.82) is 0 Å². The molecule has 0 spiro atoms. The molecule has 3 aromatic rings. The molecule has 2 heterocycles. The van der Waals surface area contributed by atoms with E-state index in [4.69, 9.17) is 4.74 Å². The molecule has 4 nitrogen and oxygen atoms in total. The lowest BCUT2D eigenvalue weighted by Gasteiger charge is -2.30. The Balaban J connectivity index is 1.49. The van der Waals surface area contributed by atoms with Crippen molar-refractivity contribution in [1.82, 2.24) is 5.32 Å². The standard InChI is InChI=1S/C20H20N2O2S/c23-20(21-14-16-13-15-5-1-4-8-19(15)25-16)17-6-2-3-7-18(17)22-9-11-24-12-10-22/h1-8,13H,9-12,14H2,(H,21,23). The molecule has 1 fully saturated rings. The Morgan fingerprint density at radius 1 is 1.08 bits per heavy atom. The molecule has 2 aromatic carbocycles. The van der Waals surface area contributed by atoms with Crippen LogP contribution in [0.5, 0.6) is 0 Å². The summed E-state index contributed by atoms with van der Waals surface area (Å²) in [4.78, 5) is 16.1. The van der Waals surface area contributed by atoms with Crippen molar-refractivity contribution < 1.29 is 9.53 Å². The Hall–Kier alpha value is -2.37. The van der Waals surface area contributed by atoms with Gasteiger partial charge in [-0.3, -0.25) is 4.79 Å². The number of carbonyl (C=O) groups excluding carboxylic acids is 1. The second-order valence-corrected chi connectivity index (χ2v) is 7.22. The molecular weight excluding hydrogens is 332 g/mol. The molecule has 0 unspecified atom stereocenters. The van der Waals surface area contributed by atoms with Gasteiger partial charge in [0.15, 0.2) is 0 Å². The van der Waals surface area contributed by atoms with Crippen LogP contribution >= 0.6 is 11.3 Å². The SMILES string of the molecule is O=C(NCc1cc2ccccc2s1)c1ccccc1N1CCOCC1. The predicted octanol–water partition coefficient (Wildman–Crippen LogP) is 3.67. The Bertz CT molecular complexity index is 851. The molecule has 0 saturated carbocycles. The van der Waals surface area contributed by atoms with E-state index in [-0.39, 0.29) is 5.91 Å². The summed E-state index contributed by atoms with van der Waals surface area (Å²) in [6.45, 7) is 3.60. The average molecular weight is 352 g/mol. The first-order valence-electron chi connectivity index (χ1n) is 8.48. The van der Waals surface area contributed by atoms with Crippen LogP contribution in [-0.2, 0) is 11.3 Å². The Labute approximate surface area is 151 Å². The minimum Gasteiger partial charge on any atom is -0.378 e. The van der Waals surface area contributed by atoms with E-state index in [1.807, 2.05) is 36.4 Å². The van der Waals surface area contributed by atoms with Gasteiger partial charge in [-0.2, -0.15) is 0 Å². The number of nitrogens with one attached hydrogen (secondary N) is 1. The average Bonchev–Trinajstić information content (AvgIpc) is 3.10. The quantitative estimate of drug-likeness (QED) is 0.779. The van der Waals surface area contributed by atoms with Gasteiger partial charge in [0.1, 0.15) is 0 Å². The van der Waals surface area contributed by atoms with Crippen LogP contribution in [-0.4, -0.2) is 32.2 Å². The summed E-state index contributed by atoms with van der Waals surface area (Å²) < 4.78 is 6.67. The molecular formula is C20H20N2O2S. The van der Waals surface area contributed by atoms with Gasteiger partial charge in [-0.1, -0.05) is 30.3 Å². The summed E-state index contributed by atoms with van der Waals surface area (Å²) in [5.74, 6) is -0.0282. The summed E-state index contributed by atoms with van der Waals surface area (Å²) in [6, 6.07) is 18.2. The molecule has 4 rings (SSSR count). The molecule has 25 heavy (non-hydrogen) atoms. The summed E-state index contributed by atoms with van der Waals surface area (Å²) in [7, 11) is 0. The topological polar surface area (TPSA) is 41.6 Å². The normalized spacial score (nSPS) is 14.6. The van der Waals surface area contributed by atoms with Gasteiger partial charge in [0.25, 0.3) is 5.91 Å². The number of rotatable bonds is 4. The fraction of sp³-hybridized carbons (Fsp3) is 0.250. The van der Waals surface area contributed by atoms with Crippen LogP contribution in [0.2, 0.25) is 0 Å². The fourth-order valence-corrected chi connectivity index (χ4v) is 4.14. The molecule has 128 valence electrons. The third-order valence-corrected chi connectivity index (χ3v) is 5.52. The number of morpholine rings is 1. The number of para-hydroxylation sites is 1. The van der Waals surface area contributed by atoms with Crippen LogP contribution in [0, 0.1) is 0 Å². The first kappa shape index (κ1) is 16.1. The first-order chi connectivity index (χ1) is 12.3. The zero-order valence-corrected chi connectivity index (χ0v) is 14.7. The monoisotopic (exact) mass is 352 g/mol. The maximum Gasteiger partial charge on any atom is 0.253 e. The van der Waals surface area contributed by atoms with Gasteiger partial charge in [-0.25, -0.2) is 0 Å². The molecule has 0 radical (unpaired) electrons. The number of nitrogens with zero attached hydrogens (tertiary/aromatic N) is 1. The molecule has 0 bridgehead atoms. The smallest absolute Gasteiger partial charge is 0.253 e. The van der Waals surface area contributed by atoms with Gasteiger partial charge < -0.3 is 15.0 Å². The third-order valence-electron chi connectivity index (χ3n) is 4.40. The lowest BCUT2D eigenvalue weighted by Crippen LogP contribution is -2.37. The van der Waals surface area contributed by atoms with Crippen molar-refractivity contribution in [3.63, 3.8) is 0 Å². The number of benzene rings is 2. The minimum atomic E-state index is -0.0282. The maximum atomic E-state index is 12.7. The highest BCUT2D eigenvalue weighted by Crippen LogP contribution is 2.26. The first-order valence-corrected chi connectivity index (χ1v) is 9.30. The number of carbonyl (C=O) groups is 1. The molecule has 5 heteroatoms. The predicted molar refractivity (Wildman–Crippen MR) is 102 cm³/mol. The molecule has 1 aliphatic rings. The highest BCUT2D eigenvalue weighted by Gasteiger charge is 2.18. The summed E-state index contributed by atoms with van der Waals surface area (Å²) in [5, 5.41) is 4.30. The van der Waals surface area contributed by atoms with E-state index in [1.54, 1.807) is 11.3 Å². The molecule has 1 aliphatic heterocycles. The Kier molecular flexibility index (Phi) is 4.68. The van der Waals surface area contributed by atoms with Crippen LogP contribution < -0.4 is 10.2 Å². The highest BCUT2D eigenvalue weighted by molar-refractivity contribution is 7.19. The van der Waals surface area contributed by atoms with E-state index in [0.717, 1.165) is 24.3 Å². The van der Waals surface area contributed by atoms with E-state index in [1.165, 1.54) is 15.0 Å². The van der Waals surface area contributed by atoms with Gasteiger partial charge >= 0.3 is 0 Å². The van der Waals surface area contributed by atoms with Crippen molar-refractivity contribution in [2.75, 3.05) is 31.2 Å². The fourth-order valence-electron chi connectivity index (χ4n) is 3.13. The molecule has 1 aromatic heterocycles. The number of ether oxygens (including phenoxy) is 1. The summed E-state index contributed by atoms with van der Waals surface area (Å²) in [5.41, 5.74) is 1.71. The third kappa shape index (κ3) is 3.52. The second-order valence-electron chi connectivity index (χ2n) is 6.05. The highest BCUT2D eigenvalue weighted by atomic mass is 32.1. The van der Waals surface area contributed by atoms with Crippen LogP contribution in [0.1, 0.15) is 15.2 Å². The number of amides is 1. The van der Waals surface area contributed by atoms with Gasteiger partial charge in [-0.05, 0) is 29.7 Å². The van der Waals surface area contributed by atoms with Gasteiger partial charge in [0, 0.05) is 28.4 Å². The number of thiophene rings is 1. The molecule has 1 saturated heterocycles. The largest absolute Gasteiger partial charge is 0.378 e. The van der Waals surface area contributed by atoms with E-state index in [2.05, 4.69) is 28.4 Å². The van der Waals surface area contributed by atoms with Crippen LogP contribution in [0.25, 0.3) is 10.1 Å². The van der Waals surface area contributed by atoms with Crippen LogP contribution in [0.4, 0.5) is 5.69 Å². The molecule has 0 aliphatic carbocycles. The Morgan fingerprint density at radius 3 is 2.68 bits per heavy atom. The summed E-state index contributed by atoms with van der Waals surface area (Å²) >= 11 is 1.73. The second kappa shape index (κ2) is 7.25. The van der Waals surface area contributed by atoms with Crippen molar-refractivity contribution in [2.45, 2.75) is 6.54 Å². The molecule has 1 amide bonds. The van der Waals surface area contributed by atoms with Gasteiger partial charge in [0.05, 0.1) is 25.3 Å². The molecule has 0 atom stereocenters. The lowest BCUT2D eigenvalue weighted by atomic mass is 10.1. The Morgan fingerprint density at radius 2 is 1.84 bits per heavy atom. The van der Waals surface area contributed by atoms with Gasteiger partial charge in [-0.15, -0.1) is 11.3 Å². The van der Waals surface area contributed by atoms with E-state index in [9.17, 15) is 4.79 Å². The number of anilines is 1. The number of hydrogen-bond donors (Lipinski definition) is 1. The van der Waals surface area contributed by atoms with Crippen LogP contribution in [0.15, 0.2) is 54.6 Å². The zero-order chi connectivity index (χ0) is 17.1. The summed E-state index contributed by atoms with van der Waals surface area (Å²) in [6.07, 6.45) is 0. The molecule has 1 N–H and O–H groups in total. The van der Waals surface area contributed by atoms with E-state index in [0.29, 0.717) is 19.8 Å². The number of hydrogen-bond acceptors (Lipinski definition) is 4. The van der Waals surface area contributed by atoms with Crippen molar-refractivity contribution in [3.05, 3.63) is 65.0 Å². The van der Waals surface area contributed by atoms with Gasteiger partial charge in [0.2, 0.25) is 0 Å². The van der Waals surface area contributed by atoms with Crippen molar-refractivity contribution in [3.8, 4) is 0 Å².